The lowest BCUT2D eigenvalue weighted by atomic mass is 9.83. The molecule has 0 bridgehead atoms. The fraction of sp³-hybridized carbons (Fsp3) is 0.917. The Morgan fingerprint density at radius 1 is 1.35 bits per heavy atom. The Hall–Kier alpha value is -0.710. The first-order valence-electron chi connectivity index (χ1n) is 6.11. The Bertz CT molecular complexity index is 250. The van der Waals surface area contributed by atoms with E-state index in [9.17, 15) is 13.6 Å². The van der Waals surface area contributed by atoms with E-state index in [-0.39, 0.29) is 12.5 Å². The number of esters is 1. The van der Waals surface area contributed by atoms with Gasteiger partial charge in [0, 0.05) is 7.11 Å². The van der Waals surface area contributed by atoms with Gasteiger partial charge >= 0.3 is 11.9 Å². The maximum Gasteiger partial charge on any atom is 0.379 e. The Kier molecular flexibility index (Phi) is 5.31. The van der Waals surface area contributed by atoms with Crippen LogP contribution in [0.1, 0.15) is 39.0 Å². The summed E-state index contributed by atoms with van der Waals surface area (Å²) in [6, 6.07) is 0. The lowest BCUT2D eigenvalue weighted by Crippen LogP contribution is -2.48. The van der Waals surface area contributed by atoms with Crippen molar-refractivity contribution in [1.82, 2.24) is 0 Å². The number of methoxy groups -OCH3 is 1. The number of hydrogen-bond donors (Lipinski definition) is 0. The molecule has 0 saturated heterocycles. The zero-order valence-electron chi connectivity index (χ0n) is 10.4. The van der Waals surface area contributed by atoms with Crippen LogP contribution in [-0.4, -0.2) is 31.7 Å². The molecule has 0 aliphatic heterocycles. The van der Waals surface area contributed by atoms with Crippen LogP contribution in [0, 0.1) is 5.92 Å². The Balaban J connectivity index is 2.72. The molecule has 100 valence electrons. The molecule has 0 aromatic carbocycles. The summed E-state index contributed by atoms with van der Waals surface area (Å²) in [5.74, 6) is -5.28. The number of alkyl halides is 2. The zero-order chi connectivity index (χ0) is 12.9. The Morgan fingerprint density at radius 2 is 1.94 bits per heavy atom. The second-order valence-electron chi connectivity index (χ2n) is 4.40. The van der Waals surface area contributed by atoms with Crippen LogP contribution in [0.3, 0.4) is 0 Å². The van der Waals surface area contributed by atoms with E-state index in [0.717, 1.165) is 19.3 Å². The first kappa shape index (κ1) is 14.4. The number of halogens is 2. The topological polar surface area (TPSA) is 35.5 Å². The van der Waals surface area contributed by atoms with E-state index < -0.39 is 18.0 Å². The van der Waals surface area contributed by atoms with Crippen LogP contribution in [0.2, 0.25) is 0 Å². The largest absolute Gasteiger partial charge is 0.461 e. The molecule has 0 aromatic rings. The fourth-order valence-electron chi connectivity index (χ4n) is 2.42. The minimum Gasteiger partial charge on any atom is -0.461 e. The third-order valence-electron chi connectivity index (χ3n) is 3.24. The van der Waals surface area contributed by atoms with Gasteiger partial charge in [-0.2, -0.15) is 8.78 Å². The summed E-state index contributed by atoms with van der Waals surface area (Å²) >= 11 is 0. The molecule has 1 atom stereocenters. The summed E-state index contributed by atoms with van der Waals surface area (Å²) in [5.41, 5.74) is 0. The second kappa shape index (κ2) is 6.28. The second-order valence-corrected chi connectivity index (χ2v) is 4.40. The Morgan fingerprint density at radius 3 is 2.41 bits per heavy atom. The van der Waals surface area contributed by atoms with E-state index in [0.29, 0.717) is 12.8 Å². The smallest absolute Gasteiger partial charge is 0.379 e. The van der Waals surface area contributed by atoms with Crippen molar-refractivity contribution in [2.75, 3.05) is 13.7 Å². The SMILES string of the molecule is CCOC(=O)C(F)(F)C(OC)C1CCCCC1. The van der Waals surface area contributed by atoms with Crippen molar-refractivity contribution in [3.8, 4) is 0 Å². The summed E-state index contributed by atoms with van der Waals surface area (Å²) in [6.45, 7) is 1.46. The monoisotopic (exact) mass is 250 g/mol. The third-order valence-corrected chi connectivity index (χ3v) is 3.24. The number of hydrogen-bond acceptors (Lipinski definition) is 3. The summed E-state index contributed by atoms with van der Waals surface area (Å²) in [7, 11) is 1.23. The number of carbonyl (C=O) groups excluding carboxylic acids is 1. The van der Waals surface area contributed by atoms with E-state index >= 15 is 0 Å². The lowest BCUT2D eigenvalue weighted by Gasteiger charge is -2.33. The number of rotatable bonds is 5. The highest BCUT2D eigenvalue weighted by molar-refractivity contribution is 5.78. The van der Waals surface area contributed by atoms with Crippen molar-refractivity contribution in [3.05, 3.63) is 0 Å². The minimum absolute atomic E-state index is 0.0461. The molecule has 1 fully saturated rings. The predicted molar refractivity (Wildman–Crippen MR) is 59.0 cm³/mol. The summed E-state index contributed by atoms with van der Waals surface area (Å²) in [4.78, 5) is 11.3. The molecule has 0 radical (unpaired) electrons. The maximum atomic E-state index is 13.9. The maximum absolute atomic E-state index is 13.9. The molecular weight excluding hydrogens is 230 g/mol. The van der Waals surface area contributed by atoms with E-state index in [1.165, 1.54) is 14.0 Å². The van der Waals surface area contributed by atoms with Crippen LogP contribution in [0.5, 0.6) is 0 Å². The van der Waals surface area contributed by atoms with E-state index in [1.54, 1.807) is 0 Å². The number of carbonyl (C=O) groups is 1. The van der Waals surface area contributed by atoms with E-state index in [2.05, 4.69) is 4.74 Å². The molecule has 0 amide bonds. The lowest BCUT2D eigenvalue weighted by molar-refractivity contribution is -0.199. The highest BCUT2D eigenvalue weighted by atomic mass is 19.3. The average Bonchev–Trinajstić information content (AvgIpc) is 2.31. The molecule has 1 saturated carbocycles. The molecule has 0 spiro atoms. The molecule has 1 aliphatic rings. The molecule has 1 unspecified atom stereocenters. The summed E-state index contributed by atoms with van der Waals surface area (Å²) < 4.78 is 37.0. The molecule has 1 rings (SSSR count). The van der Waals surface area contributed by atoms with Crippen LogP contribution in [0.4, 0.5) is 8.78 Å². The van der Waals surface area contributed by atoms with Gasteiger partial charge in [-0.05, 0) is 25.7 Å². The summed E-state index contributed by atoms with van der Waals surface area (Å²) in [5, 5.41) is 0. The molecule has 17 heavy (non-hydrogen) atoms. The van der Waals surface area contributed by atoms with Gasteiger partial charge in [-0.25, -0.2) is 4.79 Å². The van der Waals surface area contributed by atoms with Gasteiger partial charge in [0.25, 0.3) is 0 Å². The first-order chi connectivity index (χ1) is 8.04. The molecule has 0 aromatic heterocycles. The standard InChI is InChI=1S/C12H20F2O3/c1-3-17-11(15)12(13,14)10(16-2)9-7-5-4-6-8-9/h9-10H,3-8H2,1-2H3. The third kappa shape index (κ3) is 3.37. The van der Waals surface area contributed by atoms with Crippen LogP contribution >= 0.6 is 0 Å². The quantitative estimate of drug-likeness (QED) is 0.704. The minimum atomic E-state index is -3.55. The first-order valence-corrected chi connectivity index (χ1v) is 6.11. The van der Waals surface area contributed by atoms with Crippen molar-refractivity contribution in [1.29, 1.82) is 0 Å². The van der Waals surface area contributed by atoms with Gasteiger partial charge in [-0.1, -0.05) is 19.3 Å². The highest BCUT2D eigenvalue weighted by Crippen LogP contribution is 2.36. The molecular formula is C12H20F2O3. The average molecular weight is 250 g/mol. The van der Waals surface area contributed by atoms with Gasteiger partial charge in [0.1, 0.15) is 6.10 Å². The zero-order valence-corrected chi connectivity index (χ0v) is 10.4. The van der Waals surface area contributed by atoms with Gasteiger partial charge in [-0.15, -0.1) is 0 Å². The normalized spacial score (nSPS) is 20.0. The summed E-state index contributed by atoms with van der Waals surface area (Å²) in [6.07, 6.45) is 2.92. The van der Waals surface area contributed by atoms with Gasteiger partial charge in [0.05, 0.1) is 6.61 Å². The van der Waals surface area contributed by atoms with Crippen molar-refractivity contribution in [2.45, 2.75) is 51.1 Å². The van der Waals surface area contributed by atoms with Crippen LogP contribution in [-0.2, 0) is 14.3 Å². The van der Waals surface area contributed by atoms with Gasteiger partial charge in [0.15, 0.2) is 0 Å². The van der Waals surface area contributed by atoms with Gasteiger partial charge in [0.2, 0.25) is 0 Å². The van der Waals surface area contributed by atoms with E-state index in [1.807, 2.05) is 0 Å². The Labute approximate surface area is 100 Å². The van der Waals surface area contributed by atoms with Crippen molar-refractivity contribution in [2.24, 2.45) is 5.92 Å². The van der Waals surface area contributed by atoms with Crippen molar-refractivity contribution in [3.63, 3.8) is 0 Å². The van der Waals surface area contributed by atoms with Gasteiger partial charge in [-0.3, -0.25) is 0 Å². The molecule has 3 nitrogen and oxygen atoms in total. The van der Waals surface area contributed by atoms with Crippen molar-refractivity contribution >= 4 is 5.97 Å². The fourth-order valence-corrected chi connectivity index (χ4v) is 2.42. The molecule has 0 heterocycles. The number of ether oxygens (including phenoxy) is 2. The van der Waals surface area contributed by atoms with Crippen molar-refractivity contribution < 1.29 is 23.0 Å². The van der Waals surface area contributed by atoms with Crippen LogP contribution in [0.15, 0.2) is 0 Å². The molecule has 0 N–H and O–H groups in total. The molecule has 1 aliphatic carbocycles. The highest BCUT2D eigenvalue weighted by Gasteiger charge is 2.52. The van der Waals surface area contributed by atoms with E-state index in [4.69, 9.17) is 4.74 Å². The van der Waals surface area contributed by atoms with Gasteiger partial charge < -0.3 is 9.47 Å². The molecule has 5 heteroatoms. The van der Waals surface area contributed by atoms with Crippen LogP contribution in [0.25, 0.3) is 0 Å². The predicted octanol–water partition coefficient (Wildman–Crippen LogP) is 2.78. The van der Waals surface area contributed by atoms with Crippen LogP contribution < -0.4 is 0 Å².